The number of thioether (sulfide) groups is 1. The second kappa shape index (κ2) is 13.1. The van der Waals surface area contributed by atoms with Crippen molar-refractivity contribution in [3.63, 3.8) is 0 Å². The van der Waals surface area contributed by atoms with Gasteiger partial charge < -0.3 is 19.5 Å². The Kier molecular flexibility index (Phi) is 9.39. The van der Waals surface area contributed by atoms with Gasteiger partial charge in [-0.3, -0.25) is 14.9 Å². The summed E-state index contributed by atoms with van der Waals surface area (Å²) >= 11 is 2.44. The highest BCUT2D eigenvalue weighted by atomic mass is 32.2. The van der Waals surface area contributed by atoms with Crippen LogP contribution in [0.3, 0.4) is 0 Å². The Hall–Kier alpha value is -3.83. The van der Waals surface area contributed by atoms with E-state index < -0.39 is 5.91 Å². The lowest BCUT2D eigenvalue weighted by Gasteiger charge is -2.16. The van der Waals surface area contributed by atoms with Crippen LogP contribution >= 0.6 is 23.1 Å². The number of carbonyl (C=O) groups is 2. The smallest absolute Gasteiger partial charge is 0.257 e. The van der Waals surface area contributed by atoms with E-state index in [0.29, 0.717) is 52.1 Å². The molecule has 0 bridgehead atoms. The van der Waals surface area contributed by atoms with Crippen LogP contribution in [0.4, 0.5) is 10.8 Å². The fraction of sp³-hybridized carbons (Fsp3) is 0.259. The quantitative estimate of drug-likeness (QED) is 0.166. The van der Waals surface area contributed by atoms with E-state index in [1.54, 1.807) is 12.1 Å². The molecule has 1 aromatic heterocycles. The molecule has 0 aliphatic heterocycles. The third-order valence-corrected chi connectivity index (χ3v) is 7.16. The molecule has 0 radical (unpaired) electrons. The van der Waals surface area contributed by atoms with Crippen LogP contribution in [-0.4, -0.2) is 47.6 Å². The maximum absolute atomic E-state index is 13.0. The lowest BCUT2D eigenvalue weighted by molar-refractivity contribution is -0.113. The van der Waals surface area contributed by atoms with Crippen molar-refractivity contribution in [2.75, 3.05) is 36.2 Å². The highest BCUT2D eigenvalue weighted by molar-refractivity contribution is 8.01. The molecule has 0 atom stereocenters. The summed E-state index contributed by atoms with van der Waals surface area (Å²) in [5.41, 5.74) is 1.09. The minimum Gasteiger partial charge on any atom is -0.490 e. The zero-order chi connectivity index (χ0) is 26.9. The average Bonchev–Trinajstić information content (AvgIpc) is 3.37. The van der Waals surface area contributed by atoms with Gasteiger partial charge in [0.05, 0.1) is 25.6 Å². The molecular weight excluding hydrogens is 524 g/mol. The average molecular weight is 553 g/mol. The lowest BCUT2D eigenvalue weighted by Crippen LogP contribution is -2.14. The van der Waals surface area contributed by atoms with Gasteiger partial charge in [-0.05, 0) is 44.4 Å². The Labute approximate surface area is 228 Å². The van der Waals surface area contributed by atoms with Crippen LogP contribution in [-0.2, 0) is 4.79 Å². The molecule has 38 heavy (non-hydrogen) atoms. The van der Waals surface area contributed by atoms with Crippen LogP contribution in [0, 0.1) is 0 Å². The number of anilines is 2. The highest BCUT2D eigenvalue weighted by Crippen LogP contribution is 2.39. The summed E-state index contributed by atoms with van der Waals surface area (Å²) in [6, 6.07) is 16.9. The molecule has 0 spiro atoms. The van der Waals surface area contributed by atoms with Crippen molar-refractivity contribution in [3.8, 4) is 17.2 Å². The number of nitrogens with one attached hydrogen (secondary N) is 2. The van der Waals surface area contributed by atoms with Gasteiger partial charge in [-0.1, -0.05) is 59.5 Å². The summed E-state index contributed by atoms with van der Waals surface area (Å²) in [6.07, 6.45) is 0. The number of hydrogen-bond acceptors (Lipinski definition) is 9. The maximum atomic E-state index is 13.0. The van der Waals surface area contributed by atoms with Crippen LogP contribution in [0.1, 0.15) is 31.1 Å². The Morgan fingerprint density at radius 2 is 1.55 bits per heavy atom. The molecule has 4 rings (SSSR count). The second-order valence-corrected chi connectivity index (χ2v) is 9.99. The van der Waals surface area contributed by atoms with Gasteiger partial charge in [0.1, 0.15) is 0 Å². The van der Waals surface area contributed by atoms with Crippen molar-refractivity contribution in [3.05, 3.63) is 60.2 Å². The molecule has 11 heteroatoms. The summed E-state index contributed by atoms with van der Waals surface area (Å²) in [4.78, 5) is 25.6. The van der Waals surface area contributed by atoms with E-state index in [0.717, 1.165) is 16.5 Å². The Balaban J connectivity index is 1.39. The molecule has 198 valence electrons. The largest absolute Gasteiger partial charge is 0.490 e. The third-order valence-electron chi connectivity index (χ3n) is 5.19. The number of aromatic nitrogens is 2. The van der Waals surface area contributed by atoms with Crippen LogP contribution in [0.25, 0.3) is 10.8 Å². The molecule has 1 heterocycles. The van der Waals surface area contributed by atoms with E-state index in [4.69, 9.17) is 14.2 Å². The van der Waals surface area contributed by atoms with E-state index >= 15 is 0 Å². The minimum absolute atomic E-state index is 0.153. The van der Waals surface area contributed by atoms with Gasteiger partial charge in [0.25, 0.3) is 5.91 Å². The molecular formula is C27H28N4O5S2. The van der Waals surface area contributed by atoms with Gasteiger partial charge in [0, 0.05) is 16.6 Å². The van der Waals surface area contributed by atoms with Crippen molar-refractivity contribution in [2.24, 2.45) is 0 Å². The van der Waals surface area contributed by atoms with Crippen LogP contribution in [0.15, 0.2) is 58.9 Å². The van der Waals surface area contributed by atoms with Crippen molar-refractivity contribution < 1.29 is 23.8 Å². The predicted molar refractivity (Wildman–Crippen MR) is 151 cm³/mol. The highest BCUT2D eigenvalue weighted by Gasteiger charge is 2.19. The van der Waals surface area contributed by atoms with Gasteiger partial charge in [0.15, 0.2) is 15.8 Å². The first-order chi connectivity index (χ1) is 18.5. The molecule has 4 aromatic rings. The summed E-state index contributed by atoms with van der Waals surface area (Å²) in [6.45, 7) is 6.81. The maximum Gasteiger partial charge on any atom is 0.257 e. The van der Waals surface area contributed by atoms with Crippen molar-refractivity contribution in [2.45, 2.75) is 25.1 Å². The summed E-state index contributed by atoms with van der Waals surface area (Å²) < 4.78 is 17.6. The molecule has 0 fully saturated rings. The molecule has 0 aliphatic rings. The molecule has 2 amide bonds. The number of benzene rings is 3. The molecule has 0 aliphatic carbocycles. The van der Waals surface area contributed by atoms with E-state index in [1.807, 2.05) is 63.2 Å². The Morgan fingerprint density at radius 3 is 2.26 bits per heavy atom. The lowest BCUT2D eigenvalue weighted by atomic mass is 10.1. The van der Waals surface area contributed by atoms with Crippen molar-refractivity contribution in [1.29, 1.82) is 0 Å². The SMILES string of the molecule is CCOc1cc(C(=O)Nc2nnc(SCC(=O)Nc3cccc4ccccc34)s2)cc(OCC)c1OCC. The molecule has 2 N–H and O–H groups in total. The molecule has 3 aromatic carbocycles. The van der Waals surface area contributed by atoms with E-state index in [-0.39, 0.29) is 11.7 Å². The van der Waals surface area contributed by atoms with Crippen molar-refractivity contribution in [1.82, 2.24) is 10.2 Å². The third kappa shape index (κ3) is 6.73. The minimum atomic E-state index is -0.392. The zero-order valence-electron chi connectivity index (χ0n) is 21.3. The Morgan fingerprint density at radius 1 is 0.868 bits per heavy atom. The number of amides is 2. The number of ether oxygens (including phenoxy) is 3. The summed E-state index contributed by atoms with van der Waals surface area (Å²) in [5, 5.41) is 16.2. The fourth-order valence-electron chi connectivity index (χ4n) is 3.66. The molecule has 0 saturated carbocycles. The topological polar surface area (TPSA) is 112 Å². The second-order valence-electron chi connectivity index (χ2n) is 7.79. The number of fused-ring (bicyclic) bond motifs is 1. The van der Waals surface area contributed by atoms with E-state index in [9.17, 15) is 9.59 Å². The monoisotopic (exact) mass is 552 g/mol. The standard InChI is InChI=1S/C27H28N4O5S2/c1-4-34-21-14-18(15-22(35-5-2)24(21)36-6-3)25(33)29-26-30-31-27(38-26)37-16-23(32)28-20-13-9-11-17-10-7-8-12-19(17)20/h7-15H,4-6,16H2,1-3H3,(H,28,32)(H,29,30,33). The van der Waals surface area contributed by atoms with E-state index in [1.165, 1.54) is 23.1 Å². The molecule has 9 nitrogen and oxygen atoms in total. The van der Waals surface area contributed by atoms with E-state index in [2.05, 4.69) is 20.8 Å². The van der Waals surface area contributed by atoms with Crippen LogP contribution < -0.4 is 24.8 Å². The van der Waals surface area contributed by atoms with Gasteiger partial charge in [-0.25, -0.2) is 0 Å². The summed E-state index contributed by atoms with van der Waals surface area (Å²) in [7, 11) is 0. The van der Waals surface area contributed by atoms with Gasteiger partial charge in [-0.2, -0.15) is 0 Å². The number of rotatable bonds is 12. The number of nitrogens with zero attached hydrogens (tertiary/aromatic N) is 2. The van der Waals surface area contributed by atoms with Crippen molar-refractivity contribution >= 4 is 56.5 Å². The van der Waals surface area contributed by atoms with Crippen LogP contribution in [0.5, 0.6) is 17.2 Å². The normalized spacial score (nSPS) is 10.7. The fourth-order valence-corrected chi connectivity index (χ4v) is 5.20. The van der Waals surface area contributed by atoms with Gasteiger partial charge in [-0.15, -0.1) is 10.2 Å². The van der Waals surface area contributed by atoms with Gasteiger partial charge in [0.2, 0.25) is 16.8 Å². The predicted octanol–water partition coefficient (Wildman–Crippen LogP) is 5.87. The van der Waals surface area contributed by atoms with Crippen LogP contribution in [0.2, 0.25) is 0 Å². The summed E-state index contributed by atoms with van der Waals surface area (Å²) in [5.74, 6) is 0.918. The molecule has 0 unspecified atom stereocenters. The van der Waals surface area contributed by atoms with Gasteiger partial charge >= 0.3 is 0 Å². The first-order valence-electron chi connectivity index (χ1n) is 12.1. The zero-order valence-corrected chi connectivity index (χ0v) is 22.9. The number of hydrogen-bond donors (Lipinski definition) is 2. The first kappa shape index (κ1) is 27.2. The molecule has 0 saturated heterocycles. The number of carbonyl (C=O) groups excluding carboxylic acids is 2. The first-order valence-corrected chi connectivity index (χ1v) is 13.9. The Bertz CT molecular complexity index is 1390.